The molecule has 0 radical (unpaired) electrons. The molecule has 0 aliphatic heterocycles. The molecular weight excluding hydrogens is 517 g/mol. The Morgan fingerprint density at radius 1 is 0.618 bits per heavy atom. The Morgan fingerprint density at radius 3 is 1.21 bits per heavy atom. The van der Waals surface area contributed by atoms with Gasteiger partial charge in [0, 0.05) is 50.3 Å². The van der Waals surface area contributed by atoms with Gasteiger partial charge in [-0.05, 0) is 55.5 Å². The van der Waals surface area contributed by atoms with Gasteiger partial charge in [-0.3, -0.25) is 24.7 Å². The van der Waals surface area contributed by atoms with Gasteiger partial charge in [0.15, 0.2) is 0 Å². The molecule has 0 unspecified atom stereocenters. The third-order valence-electron chi connectivity index (χ3n) is 4.22. The zero-order valence-electron chi connectivity index (χ0n) is 18.3. The van der Waals surface area contributed by atoms with E-state index in [1.54, 1.807) is 24.8 Å². The average Bonchev–Trinajstić information content (AvgIpc) is 2.90. The molecule has 8 heteroatoms. The van der Waals surface area contributed by atoms with Crippen LogP contribution in [-0.4, -0.2) is 25.0 Å². The summed E-state index contributed by atoms with van der Waals surface area (Å²) in [6.07, 6.45) is 8.32. The summed E-state index contributed by atoms with van der Waals surface area (Å²) in [5.41, 5.74) is 3.26. The average molecular weight is 540 g/mol. The zero-order valence-corrected chi connectivity index (χ0v) is 20.0. The summed E-state index contributed by atoms with van der Waals surface area (Å²) in [7, 11) is 0. The summed E-state index contributed by atoms with van der Waals surface area (Å²) < 4.78 is 4.69. The van der Waals surface area contributed by atoms with Gasteiger partial charge >= 0.3 is 0 Å². The van der Waals surface area contributed by atoms with Gasteiger partial charge in [0.05, 0.1) is 29.0 Å². The van der Waals surface area contributed by atoms with Crippen molar-refractivity contribution in [2.24, 2.45) is 0 Å². The zero-order chi connectivity index (χ0) is 23.3. The number of aryl methyl sites for hydroxylation is 1. The molecule has 5 rings (SSSR count). The first-order valence-corrected chi connectivity index (χ1v) is 10.1. The van der Waals surface area contributed by atoms with Crippen molar-refractivity contribution in [2.75, 3.05) is 0 Å². The number of hydrogen-bond donors (Lipinski definition) is 1. The van der Waals surface area contributed by atoms with Crippen LogP contribution in [0.15, 0.2) is 119 Å². The van der Waals surface area contributed by atoms with Crippen molar-refractivity contribution in [3.63, 3.8) is 0 Å². The van der Waals surface area contributed by atoms with Gasteiger partial charge in [-0.1, -0.05) is 24.3 Å². The first-order valence-electron chi connectivity index (χ1n) is 10.1. The number of pyridine rings is 4. The summed E-state index contributed by atoms with van der Waals surface area (Å²) in [5.74, 6) is -0.0556. The Morgan fingerprint density at radius 2 is 0.971 bits per heavy atom. The molecule has 7 nitrogen and oxygen atoms in total. The molecule has 172 valence electrons. The van der Waals surface area contributed by atoms with Crippen LogP contribution in [-0.2, 0) is 19.5 Å². The van der Waals surface area contributed by atoms with Crippen LogP contribution in [0.3, 0.4) is 0 Å². The minimum Gasteiger partial charge on any atom is -0.502 e. The summed E-state index contributed by atoms with van der Waals surface area (Å²) in [6.45, 7) is 1.52. The fourth-order valence-electron chi connectivity index (χ4n) is 2.56. The number of rotatable bonds is 2. The Balaban J connectivity index is 0.000000180. The van der Waals surface area contributed by atoms with Crippen LogP contribution < -0.4 is 5.43 Å². The number of aromatic hydroxyl groups is 1. The van der Waals surface area contributed by atoms with Crippen molar-refractivity contribution >= 4 is 0 Å². The van der Waals surface area contributed by atoms with Crippen LogP contribution in [0, 0.1) is 6.92 Å². The van der Waals surface area contributed by atoms with Gasteiger partial charge < -0.3 is 9.52 Å². The Kier molecular flexibility index (Phi) is 10.9. The van der Waals surface area contributed by atoms with Crippen molar-refractivity contribution in [3.05, 3.63) is 126 Å². The molecule has 0 amide bonds. The van der Waals surface area contributed by atoms with Crippen molar-refractivity contribution in [1.82, 2.24) is 19.9 Å². The van der Waals surface area contributed by atoms with Crippen LogP contribution in [0.1, 0.15) is 5.76 Å². The fourth-order valence-corrected chi connectivity index (χ4v) is 2.56. The van der Waals surface area contributed by atoms with Gasteiger partial charge in [-0.25, -0.2) is 0 Å². The normalized spacial score (nSPS) is 9.32. The van der Waals surface area contributed by atoms with E-state index in [-0.39, 0.29) is 31.0 Å². The molecule has 1 N–H and O–H groups in total. The van der Waals surface area contributed by atoms with Gasteiger partial charge in [0.2, 0.25) is 11.2 Å². The van der Waals surface area contributed by atoms with Crippen molar-refractivity contribution < 1.29 is 29.0 Å². The third kappa shape index (κ3) is 8.15. The van der Waals surface area contributed by atoms with Crippen molar-refractivity contribution in [1.29, 1.82) is 0 Å². The maximum Gasteiger partial charge on any atom is 0.226 e. The molecule has 5 aromatic heterocycles. The van der Waals surface area contributed by atoms with Crippen LogP contribution in [0.5, 0.6) is 5.75 Å². The fraction of sp³-hybridized carbons (Fsp3) is 0.0385. The van der Waals surface area contributed by atoms with Crippen LogP contribution in [0.4, 0.5) is 0 Å². The van der Waals surface area contributed by atoms with E-state index in [2.05, 4.69) is 24.4 Å². The molecule has 0 atom stereocenters. The summed E-state index contributed by atoms with van der Waals surface area (Å²) >= 11 is 0. The smallest absolute Gasteiger partial charge is 0.226 e. The largest absolute Gasteiger partial charge is 0.502 e. The quantitative estimate of drug-likeness (QED) is 0.317. The Hall–Kier alpha value is -4.03. The molecule has 5 aromatic rings. The standard InChI is InChI=1S/2C10H8N2.C6H6O3.Ru/c2*1-3-7-11-9(5-1)10-6-2-4-8-12-10;1-4-6(8)5(7)2-3-9-4;/h2*1-8H;2-3,8H,1H3;. The van der Waals surface area contributed by atoms with E-state index < -0.39 is 5.43 Å². The Bertz CT molecular complexity index is 1140. The van der Waals surface area contributed by atoms with Gasteiger partial charge in [0.1, 0.15) is 5.76 Å². The number of hydrogen-bond acceptors (Lipinski definition) is 7. The minimum atomic E-state index is -0.404. The predicted molar refractivity (Wildman–Crippen MR) is 126 cm³/mol. The molecule has 0 bridgehead atoms. The molecule has 0 spiro atoms. The first-order chi connectivity index (χ1) is 16.1. The second kappa shape index (κ2) is 14.2. The SMILES string of the molecule is Cc1occc(=O)c1O.[Ru].c1ccc(-c2ccccn2)nc1.c1ccc(-c2ccccn2)nc1. The van der Waals surface area contributed by atoms with Gasteiger partial charge in [0.25, 0.3) is 0 Å². The van der Waals surface area contributed by atoms with E-state index in [4.69, 9.17) is 5.11 Å². The molecule has 0 aromatic carbocycles. The van der Waals surface area contributed by atoms with Crippen molar-refractivity contribution in [3.8, 4) is 28.5 Å². The second-order valence-electron chi connectivity index (χ2n) is 6.55. The van der Waals surface area contributed by atoms with E-state index in [0.29, 0.717) is 0 Å². The number of aromatic nitrogens is 4. The monoisotopic (exact) mass is 540 g/mol. The van der Waals surface area contributed by atoms with Gasteiger partial charge in [-0.2, -0.15) is 0 Å². The molecule has 0 aliphatic carbocycles. The molecule has 34 heavy (non-hydrogen) atoms. The molecule has 0 aliphatic rings. The summed E-state index contributed by atoms with van der Waals surface area (Å²) in [4.78, 5) is 27.3. The molecule has 0 fully saturated rings. The maximum absolute atomic E-state index is 10.5. The molecule has 0 saturated carbocycles. The van der Waals surface area contributed by atoms with E-state index in [0.717, 1.165) is 22.8 Å². The Labute approximate surface area is 210 Å². The van der Waals surface area contributed by atoms with E-state index in [1.165, 1.54) is 19.3 Å². The van der Waals surface area contributed by atoms with Crippen molar-refractivity contribution in [2.45, 2.75) is 6.92 Å². The van der Waals surface area contributed by atoms with E-state index in [1.807, 2.05) is 72.8 Å². The molecule has 5 heterocycles. The summed E-state index contributed by atoms with van der Waals surface area (Å²) in [5, 5.41) is 8.80. The van der Waals surface area contributed by atoms with Crippen LogP contribution >= 0.6 is 0 Å². The first kappa shape index (κ1) is 26.2. The summed E-state index contributed by atoms with van der Waals surface area (Å²) in [6, 6.07) is 24.4. The predicted octanol–water partition coefficient (Wildman–Crippen LogP) is 4.94. The van der Waals surface area contributed by atoms with Crippen LogP contribution in [0.2, 0.25) is 0 Å². The van der Waals surface area contributed by atoms with Gasteiger partial charge in [-0.15, -0.1) is 0 Å². The molecule has 0 saturated heterocycles. The number of nitrogens with zero attached hydrogens (tertiary/aromatic N) is 4. The minimum absolute atomic E-state index is 0. The topological polar surface area (TPSA) is 102 Å². The maximum atomic E-state index is 10.5. The van der Waals surface area contributed by atoms with Crippen LogP contribution in [0.25, 0.3) is 22.8 Å². The van der Waals surface area contributed by atoms with E-state index >= 15 is 0 Å². The molecular formula is C26H22N4O3Ru. The van der Waals surface area contributed by atoms with E-state index in [9.17, 15) is 4.79 Å². The second-order valence-corrected chi connectivity index (χ2v) is 6.55. The third-order valence-corrected chi connectivity index (χ3v) is 4.22.